The van der Waals surface area contributed by atoms with E-state index < -0.39 is 17.0 Å². The van der Waals surface area contributed by atoms with E-state index >= 15 is 0 Å². The van der Waals surface area contributed by atoms with Crippen LogP contribution >= 0.6 is 0 Å². The molecule has 0 spiro atoms. The minimum atomic E-state index is -1.08. The average Bonchev–Trinajstić information content (AvgIpc) is 2.35. The fourth-order valence-corrected chi connectivity index (χ4v) is 1.54. The molecule has 0 saturated heterocycles. The number of carbonyl (C=O) groups excluding carboxylic acids is 1. The fourth-order valence-electron chi connectivity index (χ4n) is 1.54. The zero-order chi connectivity index (χ0) is 16.3. The normalized spacial score (nSPS) is 12.3. The minimum Gasteiger partial charge on any atom is -0.388 e. The van der Waals surface area contributed by atoms with Crippen LogP contribution in [-0.4, -0.2) is 31.9 Å². The van der Waals surface area contributed by atoms with E-state index in [0.29, 0.717) is 6.54 Å². The van der Waals surface area contributed by atoms with Gasteiger partial charge in [-0.3, -0.25) is 9.59 Å². The van der Waals surface area contributed by atoms with Crippen LogP contribution in [0, 0.1) is 0 Å². The third kappa shape index (κ3) is 4.39. The third-order valence-corrected chi connectivity index (χ3v) is 3.78. The van der Waals surface area contributed by atoms with Crippen LogP contribution in [0.4, 0.5) is 0 Å². The second-order valence-electron chi connectivity index (χ2n) is 6.27. The smallest absolute Gasteiger partial charge is 0.272 e. The Kier molecular flexibility index (Phi) is 5.28. The highest BCUT2D eigenvalue weighted by Crippen LogP contribution is 2.20. The van der Waals surface area contributed by atoms with Crippen LogP contribution in [0.2, 0.25) is 0 Å². The molecule has 0 aliphatic carbocycles. The van der Waals surface area contributed by atoms with Crippen LogP contribution in [0.25, 0.3) is 0 Å². The highest BCUT2D eigenvalue weighted by Gasteiger charge is 2.36. The number of nitrogens with zero attached hydrogens (tertiary/aromatic N) is 2. The van der Waals surface area contributed by atoms with Crippen molar-refractivity contribution >= 4 is 5.91 Å². The van der Waals surface area contributed by atoms with Crippen LogP contribution in [0.1, 0.15) is 57.9 Å². The topological polar surface area (TPSA) is 84.2 Å². The maximum Gasteiger partial charge on any atom is 0.272 e. The molecule has 0 aliphatic rings. The van der Waals surface area contributed by atoms with Crippen molar-refractivity contribution in [1.29, 1.82) is 0 Å². The zero-order valence-corrected chi connectivity index (χ0v) is 13.4. The third-order valence-electron chi connectivity index (χ3n) is 3.78. The number of aliphatic hydroxyl groups is 1. The Bertz CT molecular complexity index is 556. The number of amides is 1. The number of unbranched alkanes of at least 4 members (excludes halogenated alkanes) is 1. The second-order valence-corrected chi connectivity index (χ2v) is 6.27. The number of aromatic nitrogens is 2. The van der Waals surface area contributed by atoms with Crippen molar-refractivity contribution in [3.63, 3.8) is 0 Å². The van der Waals surface area contributed by atoms with Gasteiger partial charge in [0, 0.05) is 12.6 Å². The van der Waals surface area contributed by atoms with Crippen LogP contribution in [0.5, 0.6) is 0 Å². The minimum absolute atomic E-state index is 0.169. The molecule has 6 nitrogen and oxygen atoms in total. The van der Waals surface area contributed by atoms with Gasteiger partial charge in [-0.25, -0.2) is 4.68 Å². The SMILES string of the molecule is CCCCn1nc(C(=O)NC(C)(C)C(C)(C)O)ccc1=O. The molecule has 21 heavy (non-hydrogen) atoms. The van der Waals surface area contributed by atoms with Gasteiger partial charge in [-0.1, -0.05) is 13.3 Å². The lowest BCUT2D eigenvalue weighted by Gasteiger charge is -2.37. The van der Waals surface area contributed by atoms with Gasteiger partial charge in [0.2, 0.25) is 0 Å². The van der Waals surface area contributed by atoms with Crippen LogP contribution in [0.15, 0.2) is 16.9 Å². The highest BCUT2D eigenvalue weighted by atomic mass is 16.3. The Morgan fingerprint density at radius 1 is 1.33 bits per heavy atom. The van der Waals surface area contributed by atoms with Crippen molar-refractivity contribution in [2.75, 3.05) is 0 Å². The number of carbonyl (C=O) groups is 1. The summed E-state index contributed by atoms with van der Waals surface area (Å²) in [5.41, 5.74) is -1.96. The summed E-state index contributed by atoms with van der Waals surface area (Å²) in [4.78, 5) is 23.9. The quantitative estimate of drug-likeness (QED) is 0.829. The van der Waals surface area contributed by atoms with Gasteiger partial charge in [0.05, 0.1) is 11.1 Å². The molecule has 1 aromatic rings. The van der Waals surface area contributed by atoms with Gasteiger partial charge in [0.25, 0.3) is 11.5 Å². The summed E-state index contributed by atoms with van der Waals surface area (Å²) in [6.45, 7) is 9.24. The van der Waals surface area contributed by atoms with E-state index in [-0.39, 0.29) is 11.3 Å². The lowest BCUT2D eigenvalue weighted by molar-refractivity contribution is -0.00306. The molecular formula is C15H25N3O3. The first-order chi connectivity index (χ1) is 9.58. The molecule has 0 atom stereocenters. The molecule has 1 aromatic heterocycles. The standard InChI is InChI=1S/C15H25N3O3/c1-6-7-10-18-12(19)9-8-11(17-18)13(20)16-14(2,3)15(4,5)21/h8-9,21H,6-7,10H2,1-5H3,(H,16,20). The van der Waals surface area contributed by atoms with E-state index in [1.807, 2.05) is 6.92 Å². The second kappa shape index (κ2) is 6.39. The first-order valence-electron chi connectivity index (χ1n) is 7.21. The van der Waals surface area contributed by atoms with Gasteiger partial charge in [0.1, 0.15) is 5.69 Å². The van der Waals surface area contributed by atoms with Gasteiger partial charge in [-0.2, -0.15) is 5.10 Å². The van der Waals surface area contributed by atoms with Crippen molar-refractivity contribution in [3.05, 3.63) is 28.2 Å². The number of rotatable bonds is 6. The van der Waals surface area contributed by atoms with Gasteiger partial charge in [-0.05, 0) is 40.2 Å². The number of hydrogen-bond acceptors (Lipinski definition) is 4. The fraction of sp³-hybridized carbons (Fsp3) is 0.667. The van der Waals surface area contributed by atoms with E-state index in [4.69, 9.17) is 0 Å². The Morgan fingerprint density at radius 3 is 2.48 bits per heavy atom. The first-order valence-corrected chi connectivity index (χ1v) is 7.21. The number of nitrogens with one attached hydrogen (secondary N) is 1. The summed E-state index contributed by atoms with van der Waals surface area (Å²) in [6.07, 6.45) is 1.77. The van der Waals surface area contributed by atoms with Crippen molar-refractivity contribution < 1.29 is 9.90 Å². The number of hydrogen-bond donors (Lipinski definition) is 2. The van der Waals surface area contributed by atoms with Crippen molar-refractivity contribution in [1.82, 2.24) is 15.1 Å². The van der Waals surface area contributed by atoms with Gasteiger partial charge in [-0.15, -0.1) is 0 Å². The monoisotopic (exact) mass is 295 g/mol. The Morgan fingerprint density at radius 2 is 1.95 bits per heavy atom. The lowest BCUT2D eigenvalue weighted by Crippen LogP contribution is -2.57. The summed E-state index contributed by atoms with van der Waals surface area (Å²) in [5, 5.41) is 16.9. The van der Waals surface area contributed by atoms with Crippen LogP contribution in [0.3, 0.4) is 0 Å². The molecule has 2 N–H and O–H groups in total. The summed E-state index contributed by atoms with van der Waals surface area (Å²) >= 11 is 0. The highest BCUT2D eigenvalue weighted by molar-refractivity contribution is 5.92. The maximum atomic E-state index is 12.2. The van der Waals surface area contributed by atoms with Crippen molar-refractivity contribution in [2.24, 2.45) is 0 Å². The molecule has 6 heteroatoms. The molecule has 0 fully saturated rings. The summed E-state index contributed by atoms with van der Waals surface area (Å²) in [5.74, 6) is -0.410. The number of aryl methyl sites for hydroxylation is 1. The molecule has 0 aromatic carbocycles. The molecule has 1 amide bonds. The van der Waals surface area contributed by atoms with Gasteiger partial charge < -0.3 is 10.4 Å². The molecule has 1 rings (SSSR count). The van der Waals surface area contributed by atoms with E-state index in [0.717, 1.165) is 12.8 Å². The average molecular weight is 295 g/mol. The molecule has 0 radical (unpaired) electrons. The predicted molar refractivity (Wildman–Crippen MR) is 81.2 cm³/mol. The van der Waals surface area contributed by atoms with Crippen LogP contribution < -0.4 is 10.9 Å². The summed E-state index contributed by atoms with van der Waals surface area (Å²) in [7, 11) is 0. The van der Waals surface area contributed by atoms with Crippen LogP contribution in [-0.2, 0) is 6.54 Å². The van der Waals surface area contributed by atoms with E-state index in [2.05, 4.69) is 10.4 Å². The Labute approximate surface area is 125 Å². The molecule has 0 saturated carbocycles. The Hall–Kier alpha value is -1.69. The van der Waals surface area contributed by atoms with Gasteiger partial charge in [0.15, 0.2) is 0 Å². The summed E-state index contributed by atoms with van der Waals surface area (Å²) in [6, 6.07) is 2.75. The van der Waals surface area contributed by atoms with Crippen molar-refractivity contribution in [3.8, 4) is 0 Å². The Balaban J connectivity index is 2.96. The van der Waals surface area contributed by atoms with Gasteiger partial charge >= 0.3 is 0 Å². The molecule has 0 aliphatic heterocycles. The molecule has 118 valence electrons. The zero-order valence-electron chi connectivity index (χ0n) is 13.4. The molecular weight excluding hydrogens is 270 g/mol. The maximum absolute atomic E-state index is 12.2. The molecule has 0 bridgehead atoms. The van der Waals surface area contributed by atoms with E-state index in [9.17, 15) is 14.7 Å². The first kappa shape index (κ1) is 17.4. The van der Waals surface area contributed by atoms with E-state index in [1.165, 1.54) is 16.8 Å². The summed E-state index contributed by atoms with van der Waals surface area (Å²) < 4.78 is 1.30. The largest absolute Gasteiger partial charge is 0.388 e. The lowest BCUT2D eigenvalue weighted by atomic mass is 9.86. The molecule has 1 heterocycles. The molecule has 0 unspecified atom stereocenters. The predicted octanol–water partition coefficient (Wildman–Crippen LogP) is 1.32. The van der Waals surface area contributed by atoms with Crippen molar-refractivity contribution in [2.45, 2.75) is 65.1 Å². The van der Waals surface area contributed by atoms with E-state index in [1.54, 1.807) is 27.7 Å².